The molecular formula is C71H52N4Si. The molecule has 1 aromatic heterocycles. The van der Waals surface area contributed by atoms with E-state index in [1.54, 1.807) is 0 Å². The molecule has 2 heterocycles. The van der Waals surface area contributed by atoms with E-state index in [-0.39, 0.29) is 6.17 Å². The number of aromatic nitrogens is 1. The Balaban J connectivity index is 0.954. The predicted molar refractivity (Wildman–Crippen MR) is 318 cm³/mol. The number of benzene rings is 11. The minimum atomic E-state index is -2.84. The summed E-state index contributed by atoms with van der Waals surface area (Å²) >= 11 is 0. The van der Waals surface area contributed by atoms with Crippen LogP contribution in [0, 0.1) is 0 Å². The van der Waals surface area contributed by atoms with Crippen LogP contribution < -0.4 is 20.7 Å². The molecule has 0 N–H and O–H groups in total. The van der Waals surface area contributed by atoms with Gasteiger partial charge in [0.2, 0.25) is 0 Å². The standard InChI is InChI=1S/C71H52N4Si/c1-74-69(50-26-8-2-9-27-50)72-68(73-70(74)52-29-25-41-59(49-52)76(56-35-14-5-15-36-56,57-37-16-6-17-38-57)58-39-18-7-19-40-58)51-28-24-34-55(48-51)75-64-45-23-21-43-61(64)67-65(75)47-46-63-66(67)60-42-20-22-44-62(60)71(63,53-30-10-3-11-31-53)54-32-12-4-13-33-54/h2-49,69H,1H3. The number of fused-ring (bicyclic) bond motifs is 7. The van der Waals surface area contributed by atoms with E-state index in [0.29, 0.717) is 5.84 Å². The number of aliphatic imine (C=N–C) groups is 2. The fourth-order valence-electron chi connectivity index (χ4n) is 12.9. The first-order chi connectivity index (χ1) is 37.6. The van der Waals surface area contributed by atoms with Crippen LogP contribution in [0.4, 0.5) is 0 Å². The van der Waals surface area contributed by atoms with Crippen molar-refractivity contribution in [1.29, 1.82) is 0 Å². The zero-order chi connectivity index (χ0) is 50.6. The SMILES string of the molecule is CN1C(c2cccc([Si](c3ccccc3)(c3ccccc3)c3ccccc3)c2)=NC(c2cccc(-n3c4ccccc4c4c5c(ccc43)C(c3ccccc3)(c3ccccc3)c3ccccc3-5)c2)=NC1c1ccccc1. The van der Waals surface area contributed by atoms with Crippen LogP contribution in [0.2, 0.25) is 0 Å². The molecule has 360 valence electrons. The molecule has 1 aliphatic carbocycles. The van der Waals surface area contributed by atoms with E-state index in [4.69, 9.17) is 9.98 Å². The Morgan fingerprint density at radius 2 is 0.947 bits per heavy atom. The van der Waals surface area contributed by atoms with Crippen molar-refractivity contribution in [2.75, 3.05) is 7.05 Å². The van der Waals surface area contributed by atoms with Gasteiger partial charge in [0, 0.05) is 34.6 Å². The maximum absolute atomic E-state index is 5.61. The van der Waals surface area contributed by atoms with Crippen molar-refractivity contribution in [3.8, 4) is 16.8 Å². The second kappa shape index (κ2) is 18.5. The number of rotatable bonds is 10. The number of amidine groups is 2. The average molecular weight is 989 g/mol. The summed E-state index contributed by atoms with van der Waals surface area (Å²) in [5.41, 5.74) is 13.6. The summed E-state index contributed by atoms with van der Waals surface area (Å²) in [7, 11) is -0.704. The van der Waals surface area contributed by atoms with Crippen LogP contribution in [0.3, 0.4) is 0 Å². The van der Waals surface area contributed by atoms with Gasteiger partial charge in [0.25, 0.3) is 0 Å². The zero-order valence-corrected chi connectivity index (χ0v) is 43.1. The van der Waals surface area contributed by atoms with Crippen LogP contribution in [0.5, 0.6) is 0 Å². The molecule has 11 aromatic carbocycles. The maximum atomic E-state index is 5.61. The Morgan fingerprint density at radius 1 is 0.421 bits per heavy atom. The Kier molecular flexibility index (Phi) is 11.0. The minimum absolute atomic E-state index is 0.319. The topological polar surface area (TPSA) is 32.9 Å². The largest absolute Gasteiger partial charge is 0.333 e. The van der Waals surface area contributed by atoms with E-state index in [1.807, 2.05) is 0 Å². The van der Waals surface area contributed by atoms with Crippen molar-refractivity contribution in [1.82, 2.24) is 9.47 Å². The molecule has 5 heteroatoms. The quantitative estimate of drug-likeness (QED) is 0.0993. The molecule has 0 spiro atoms. The number of nitrogens with zero attached hydrogens (tertiary/aromatic N) is 4. The summed E-state index contributed by atoms with van der Waals surface area (Å²) < 4.78 is 2.45. The Labute approximate surface area is 444 Å². The van der Waals surface area contributed by atoms with E-state index >= 15 is 0 Å². The zero-order valence-electron chi connectivity index (χ0n) is 42.1. The lowest BCUT2D eigenvalue weighted by Gasteiger charge is -2.36. The molecule has 1 unspecified atom stereocenters. The smallest absolute Gasteiger partial charge is 0.179 e. The molecule has 1 atom stereocenters. The first-order valence-electron chi connectivity index (χ1n) is 26.2. The Bertz CT molecular complexity index is 4040. The second-order valence-electron chi connectivity index (χ2n) is 20.0. The van der Waals surface area contributed by atoms with Gasteiger partial charge in [0.1, 0.15) is 12.0 Å². The summed E-state index contributed by atoms with van der Waals surface area (Å²) in [5, 5.41) is 7.74. The van der Waals surface area contributed by atoms with Crippen molar-refractivity contribution >= 4 is 62.3 Å². The van der Waals surface area contributed by atoms with Gasteiger partial charge in [-0.1, -0.05) is 267 Å². The highest BCUT2D eigenvalue weighted by Crippen LogP contribution is 2.58. The lowest BCUT2D eigenvalue weighted by atomic mass is 9.67. The highest BCUT2D eigenvalue weighted by Gasteiger charge is 2.47. The van der Waals surface area contributed by atoms with E-state index in [2.05, 4.69) is 308 Å². The van der Waals surface area contributed by atoms with Crippen molar-refractivity contribution < 1.29 is 0 Å². The van der Waals surface area contributed by atoms with Gasteiger partial charge in [-0.15, -0.1) is 0 Å². The minimum Gasteiger partial charge on any atom is -0.333 e. The molecule has 4 nitrogen and oxygen atoms in total. The monoisotopic (exact) mass is 988 g/mol. The first-order valence-corrected chi connectivity index (χ1v) is 28.2. The van der Waals surface area contributed by atoms with E-state index in [0.717, 1.165) is 39.2 Å². The van der Waals surface area contributed by atoms with Gasteiger partial charge in [-0.05, 0) is 84.0 Å². The highest BCUT2D eigenvalue weighted by molar-refractivity contribution is 7.19. The maximum Gasteiger partial charge on any atom is 0.179 e. The number of hydrogen-bond acceptors (Lipinski definition) is 3. The summed E-state index contributed by atoms with van der Waals surface area (Å²) in [4.78, 5) is 13.4. The van der Waals surface area contributed by atoms with Gasteiger partial charge in [0.05, 0.1) is 16.4 Å². The molecule has 0 bridgehead atoms. The molecule has 0 amide bonds. The normalized spacial score (nSPS) is 14.8. The van der Waals surface area contributed by atoms with Gasteiger partial charge in [-0.3, -0.25) is 0 Å². The molecule has 2 aliphatic rings. The molecular weight excluding hydrogens is 937 g/mol. The Morgan fingerprint density at radius 3 is 1.59 bits per heavy atom. The van der Waals surface area contributed by atoms with Gasteiger partial charge in [-0.2, -0.15) is 0 Å². The molecule has 0 saturated carbocycles. The molecule has 76 heavy (non-hydrogen) atoms. The molecule has 14 rings (SSSR count). The van der Waals surface area contributed by atoms with Crippen LogP contribution >= 0.6 is 0 Å². The van der Waals surface area contributed by atoms with Crippen molar-refractivity contribution in [3.63, 3.8) is 0 Å². The van der Waals surface area contributed by atoms with Crippen LogP contribution in [0.15, 0.2) is 301 Å². The summed E-state index contributed by atoms with van der Waals surface area (Å²) in [5.74, 6) is 1.56. The summed E-state index contributed by atoms with van der Waals surface area (Å²) in [6.45, 7) is 0. The molecule has 0 saturated heterocycles. The predicted octanol–water partition coefficient (Wildman–Crippen LogP) is 13.4. The van der Waals surface area contributed by atoms with Crippen LogP contribution in [-0.2, 0) is 5.41 Å². The van der Waals surface area contributed by atoms with Crippen molar-refractivity contribution in [2.45, 2.75) is 11.6 Å². The summed E-state index contributed by atoms with van der Waals surface area (Å²) in [6, 6.07) is 107. The van der Waals surface area contributed by atoms with Crippen LogP contribution in [-0.4, -0.2) is 36.3 Å². The van der Waals surface area contributed by atoms with Gasteiger partial charge >= 0.3 is 0 Å². The highest BCUT2D eigenvalue weighted by atomic mass is 28.3. The Hall–Kier alpha value is -9.42. The van der Waals surface area contributed by atoms with Gasteiger partial charge in [0.15, 0.2) is 13.9 Å². The van der Waals surface area contributed by atoms with E-state index in [1.165, 1.54) is 64.9 Å². The van der Waals surface area contributed by atoms with Crippen LogP contribution in [0.1, 0.15) is 45.1 Å². The van der Waals surface area contributed by atoms with Gasteiger partial charge < -0.3 is 9.47 Å². The third-order valence-corrected chi connectivity index (χ3v) is 20.8. The molecule has 1 aliphatic heterocycles. The molecule has 12 aromatic rings. The van der Waals surface area contributed by atoms with E-state index in [9.17, 15) is 0 Å². The number of para-hydroxylation sites is 1. The van der Waals surface area contributed by atoms with Gasteiger partial charge in [-0.25, -0.2) is 9.98 Å². The molecule has 0 radical (unpaired) electrons. The third-order valence-electron chi connectivity index (χ3n) is 16.0. The average Bonchev–Trinajstić information content (AvgIpc) is 4.23. The fraction of sp³-hybridized carbons (Fsp3) is 0.0423. The van der Waals surface area contributed by atoms with Crippen molar-refractivity contribution in [2.24, 2.45) is 9.98 Å². The summed E-state index contributed by atoms with van der Waals surface area (Å²) in [6.07, 6.45) is -0.319. The third kappa shape index (κ3) is 6.97. The number of hydrogen-bond donors (Lipinski definition) is 0. The van der Waals surface area contributed by atoms with Crippen LogP contribution in [0.25, 0.3) is 38.6 Å². The van der Waals surface area contributed by atoms with Crippen molar-refractivity contribution in [3.05, 3.63) is 330 Å². The lowest BCUT2D eigenvalue weighted by molar-refractivity contribution is 0.383. The lowest BCUT2D eigenvalue weighted by Crippen LogP contribution is -2.74. The first kappa shape index (κ1) is 45.2. The fourth-order valence-corrected chi connectivity index (χ4v) is 17.7. The van der Waals surface area contributed by atoms with E-state index < -0.39 is 13.5 Å². The molecule has 0 fully saturated rings. The second-order valence-corrected chi connectivity index (χ2v) is 23.8.